The fourth-order valence-corrected chi connectivity index (χ4v) is 2.34. The monoisotopic (exact) mass is 375 g/mol. The summed E-state index contributed by atoms with van der Waals surface area (Å²) in [4.78, 5) is 21.3. The number of quaternary nitrogens is 1. The Morgan fingerprint density at radius 3 is 2.41 bits per heavy atom. The molecule has 8 nitrogen and oxygen atoms in total. The standard InChI is InChI=1S/C15H14N2O5.C4H11N/c18-14-6-5-11(9-12(14)15(19)20)16-8-7-10-3-1-2-4-13(10)17(21)22;1-3-5-4-2/h1-6,9,16,18H,7-8H2,(H,19,20);5H,3-4H2,1-2H3. The van der Waals surface area contributed by atoms with Crippen molar-refractivity contribution in [3.63, 3.8) is 0 Å². The number of nitrogens with two attached hydrogens (primary N) is 1. The molecule has 0 radical (unpaired) electrons. The lowest BCUT2D eigenvalue weighted by molar-refractivity contribution is -0.648. The van der Waals surface area contributed by atoms with Gasteiger partial charge in [-0.15, -0.1) is 0 Å². The van der Waals surface area contributed by atoms with E-state index >= 15 is 0 Å². The van der Waals surface area contributed by atoms with Crippen LogP contribution in [0.1, 0.15) is 29.8 Å². The van der Waals surface area contributed by atoms with E-state index in [0.29, 0.717) is 24.2 Å². The van der Waals surface area contributed by atoms with E-state index in [1.165, 1.54) is 37.4 Å². The molecule has 0 aliphatic carbocycles. The topological polar surface area (TPSA) is 132 Å². The van der Waals surface area contributed by atoms with Crippen LogP contribution in [0.2, 0.25) is 0 Å². The highest BCUT2D eigenvalue weighted by atomic mass is 16.6. The lowest BCUT2D eigenvalue weighted by atomic mass is 10.1. The first-order valence-corrected chi connectivity index (χ1v) is 8.72. The molecule has 0 amide bonds. The first kappa shape index (κ1) is 21.9. The molecule has 0 fully saturated rings. The van der Waals surface area contributed by atoms with E-state index < -0.39 is 16.6 Å². The van der Waals surface area contributed by atoms with Crippen LogP contribution in [-0.4, -0.2) is 35.6 Å². The summed E-state index contributed by atoms with van der Waals surface area (Å²) in [6.07, 6.45) is 0.401. The first-order chi connectivity index (χ1) is 12.9. The molecule has 0 saturated heterocycles. The largest absolute Gasteiger partial charge is 0.872 e. The third kappa shape index (κ3) is 7.33. The third-order valence-corrected chi connectivity index (χ3v) is 3.70. The van der Waals surface area contributed by atoms with Gasteiger partial charge in [-0.3, -0.25) is 10.1 Å². The molecule has 4 N–H and O–H groups in total. The zero-order valence-corrected chi connectivity index (χ0v) is 15.5. The predicted octanol–water partition coefficient (Wildman–Crippen LogP) is 1.61. The van der Waals surface area contributed by atoms with Crippen LogP contribution in [0.5, 0.6) is 5.75 Å². The van der Waals surface area contributed by atoms with Gasteiger partial charge in [0.2, 0.25) is 0 Å². The van der Waals surface area contributed by atoms with Crippen LogP contribution in [0.15, 0.2) is 42.5 Å². The van der Waals surface area contributed by atoms with Gasteiger partial charge in [0.25, 0.3) is 5.69 Å². The smallest absolute Gasteiger partial charge is 0.335 e. The molecule has 0 spiro atoms. The fourth-order valence-electron chi connectivity index (χ4n) is 2.34. The molecule has 2 aromatic rings. The van der Waals surface area contributed by atoms with Crippen molar-refractivity contribution in [2.75, 3.05) is 25.0 Å². The lowest BCUT2D eigenvalue weighted by Gasteiger charge is -2.13. The number of hydrogen-bond donors (Lipinski definition) is 3. The summed E-state index contributed by atoms with van der Waals surface area (Å²) in [5.74, 6) is -1.84. The van der Waals surface area contributed by atoms with E-state index in [-0.39, 0.29) is 11.3 Å². The summed E-state index contributed by atoms with van der Waals surface area (Å²) in [5, 5.41) is 36.3. The van der Waals surface area contributed by atoms with E-state index in [1.807, 2.05) is 0 Å². The van der Waals surface area contributed by atoms with E-state index in [0.717, 1.165) is 0 Å². The number of nitrogens with one attached hydrogen (secondary N) is 1. The van der Waals surface area contributed by atoms with Gasteiger partial charge in [-0.05, 0) is 32.4 Å². The van der Waals surface area contributed by atoms with Gasteiger partial charge in [0.05, 0.1) is 23.6 Å². The van der Waals surface area contributed by atoms with E-state index in [4.69, 9.17) is 5.11 Å². The number of nitro benzene ring substituents is 1. The summed E-state index contributed by atoms with van der Waals surface area (Å²) in [6.45, 7) is 7.13. The molecule has 0 heterocycles. The molecule has 0 saturated carbocycles. The Morgan fingerprint density at radius 2 is 1.85 bits per heavy atom. The Hall–Kier alpha value is -3.13. The number of hydrogen-bond acceptors (Lipinski definition) is 5. The van der Waals surface area contributed by atoms with Crippen molar-refractivity contribution in [1.29, 1.82) is 0 Å². The summed E-state index contributed by atoms with van der Waals surface area (Å²) >= 11 is 0. The number of carbonyl (C=O) groups is 1. The molecule has 8 heteroatoms. The minimum Gasteiger partial charge on any atom is -0.872 e. The maximum atomic E-state index is 11.3. The Balaban J connectivity index is 0.000000646. The first-order valence-electron chi connectivity index (χ1n) is 8.72. The van der Waals surface area contributed by atoms with Crippen LogP contribution in [0.25, 0.3) is 0 Å². The van der Waals surface area contributed by atoms with Crippen molar-refractivity contribution < 1.29 is 25.2 Å². The highest BCUT2D eigenvalue weighted by molar-refractivity contribution is 5.91. The van der Waals surface area contributed by atoms with Gasteiger partial charge in [0.1, 0.15) is 0 Å². The molecular formula is C19H25N3O5. The van der Waals surface area contributed by atoms with Crippen LogP contribution >= 0.6 is 0 Å². The van der Waals surface area contributed by atoms with Crippen LogP contribution in [0.3, 0.4) is 0 Å². The number of carboxylic acids is 1. The van der Waals surface area contributed by atoms with E-state index in [2.05, 4.69) is 24.5 Å². The number of anilines is 1. The van der Waals surface area contributed by atoms with Gasteiger partial charge < -0.3 is 20.8 Å². The number of carboxylic acid groups (broad SMARTS) is 1. The Morgan fingerprint density at radius 1 is 1.19 bits per heavy atom. The Labute approximate surface area is 158 Å². The molecule has 0 unspecified atom stereocenters. The maximum Gasteiger partial charge on any atom is 0.335 e. The van der Waals surface area contributed by atoms with Crippen LogP contribution in [0.4, 0.5) is 11.4 Å². The second kappa shape index (κ2) is 11.5. The number of para-hydroxylation sites is 1. The normalized spacial score (nSPS) is 9.85. The summed E-state index contributed by atoms with van der Waals surface area (Å²) in [6, 6.07) is 10.3. The van der Waals surface area contributed by atoms with Crippen molar-refractivity contribution in [3.8, 4) is 5.75 Å². The fraction of sp³-hybridized carbons (Fsp3) is 0.316. The number of aromatic carboxylic acids is 1. The minimum absolute atomic E-state index is 0.0467. The maximum absolute atomic E-state index is 11.3. The van der Waals surface area contributed by atoms with Gasteiger partial charge >= 0.3 is 5.97 Å². The molecule has 146 valence electrons. The minimum atomic E-state index is -1.28. The van der Waals surface area contributed by atoms with Gasteiger partial charge in [0.15, 0.2) is 0 Å². The third-order valence-electron chi connectivity index (χ3n) is 3.70. The van der Waals surface area contributed by atoms with Crippen molar-refractivity contribution in [1.82, 2.24) is 0 Å². The average molecular weight is 375 g/mol. The number of nitro groups is 1. The van der Waals surface area contributed by atoms with Crippen LogP contribution < -0.4 is 15.7 Å². The quantitative estimate of drug-likeness (QED) is 0.474. The van der Waals surface area contributed by atoms with Crippen molar-refractivity contribution in [3.05, 3.63) is 63.7 Å². The molecule has 2 rings (SSSR count). The molecule has 0 aliphatic rings. The number of nitrogens with zero attached hydrogens (tertiary/aromatic N) is 1. The summed E-state index contributed by atoms with van der Waals surface area (Å²) in [7, 11) is 0. The molecule has 2 aromatic carbocycles. The SMILES string of the molecule is CC[NH2+]CC.O=C(O)c1cc(NCCc2ccccc2[N+](=O)[O-])ccc1[O-]. The number of benzene rings is 2. The van der Waals surface area contributed by atoms with Crippen LogP contribution in [-0.2, 0) is 6.42 Å². The molecule has 0 atom stereocenters. The zero-order chi connectivity index (χ0) is 20.2. The Bertz CT molecular complexity index is 763. The van der Waals surface area contributed by atoms with Gasteiger partial charge in [-0.25, -0.2) is 4.79 Å². The predicted molar refractivity (Wildman–Crippen MR) is 101 cm³/mol. The van der Waals surface area contributed by atoms with E-state index in [1.54, 1.807) is 18.2 Å². The van der Waals surface area contributed by atoms with Crippen LogP contribution in [0, 0.1) is 10.1 Å². The van der Waals surface area contributed by atoms with Gasteiger partial charge in [-0.1, -0.05) is 30.0 Å². The molecule has 27 heavy (non-hydrogen) atoms. The van der Waals surface area contributed by atoms with E-state index in [9.17, 15) is 20.0 Å². The molecule has 0 aromatic heterocycles. The summed E-state index contributed by atoms with van der Waals surface area (Å²) in [5.41, 5.74) is 0.801. The lowest BCUT2D eigenvalue weighted by Crippen LogP contribution is -2.82. The summed E-state index contributed by atoms with van der Waals surface area (Å²) < 4.78 is 0. The highest BCUT2D eigenvalue weighted by Crippen LogP contribution is 2.21. The van der Waals surface area contributed by atoms with Gasteiger partial charge in [0, 0.05) is 23.9 Å². The van der Waals surface area contributed by atoms with Gasteiger partial charge in [-0.2, -0.15) is 0 Å². The average Bonchev–Trinajstić information content (AvgIpc) is 2.64. The second-order valence-corrected chi connectivity index (χ2v) is 5.68. The Kier molecular flexibility index (Phi) is 9.32. The zero-order valence-electron chi connectivity index (χ0n) is 15.5. The molecular weight excluding hydrogens is 350 g/mol. The van der Waals surface area contributed by atoms with Crippen molar-refractivity contribution in [2.45, 2.75) is 20.3 Å². The number of rotatable bonds is 8. The molecule has 0 bridgehead atoms. The second-order valence-electron chi connectivity index (χ2n) is 5.68. The van der Waals surface area contributed by atoms with Crippen molar-refractivity contribution in [2.24, 2.45) is 0 Å². The highest BCUT2D eigenvalue weighted by Gasteiger charge is 2.11. The van der Waals surface area contributed by atoms with Crippen molar-refractivity contribution >= 4 is 17.3 Å². The molecule has 0 aliphatic heterocycles.